The van der Waals surface area contributed by atoms with Gasteiger partial charge < -0.3 is 10.6 Å². The zero-order valence-electron chi connectivity index (χ0n) is 12.4. The highest BCUT2D eigenvalue weighted by molar-refractivity contribution is 5.77. The molecule has 1 fully saturated rings. The lowest BCUT2D eigenvalue weighted by molar-refractivity contribution is -0.123. The molecular weight excluding hydrogens is 226 g/mol. The van der Waals surface area contributed by atoms with E-state index in [-0.39, 0.29) is 11.4 Å². The highest BCUT2D eigenvalue weighted by Crippen LogP contribution is 2.16. The molecule has 1 saturated heterocycles. The molecule has 0 aliphatic carbocycles. The molecule has 2 N–H and O–H groups in total. The number of nitrogens with one attached hydrogen (secondary N) is 2. The standard InChI is InChI=1S/C14H29N3O/c1-5-15-13(18)11-17-9-7-6-8-12(17)10-16-14(2,3)4/h12,16H,5-11H2,1-4H3,(H,15,18). The molecule has 0 aromatic heterocycles. The first-order chi connectivity index (χ1) is 8.42. The summed E-state index contributed by atoms with van der Waals surface area (Å²) in [6, 6.07) is 0.501. The van der Waals surface area contributed by atoms with E-state index in [1.54, 1.807) is 0 Å². The normalized spacial score (nSPS) is 21.9. The fourth-order valence-corrected chi connectivity index (χ4v) is 2.36. The molecular formula is C14H29N3O. The molecule has 18 heavy (non-hydrogen) atoms. The van der Waals surface area contributed by atoms with E-state index in [1.807, 2.05) is 6.92 Å². The fourth-order valence-electron chi connectivity index (χ4n) is 2.36. The number of rotatable bonds is 5. The second kappa shape index (κ2) is 7.10. The first kappa shape index (κ1) is 15.4. The van der Waals surface area contributed by atoms with Crippen LogP contribution in [0, 0.1) is 0 Å². The largest absolute Gasteiger partial charge is 0.355 e. The maximum absolute atomic E-state index is 11.7. The molecule has 1 aliphatic heterocycles. The number of piperidine rings is 1. The van der Waals surface area contributed by atoms with Gasteiger partial charge in [-0.2, -0.15) is 0 Å². The van der Waals surface area contributed by atoms with Crippen molar-refractivity contribution in [3.63, 3.8) is 0 Å². The van der Waals surface area contributed by atoms with Crippen molar-refractivity contribution in [3.05, 3.63) is 0 Å². The molecule has 0 aromatic rings. The zero-order valence-corrected chi connectivity index (χ0v) is 12.4. The third kappa shape index (κ3) is 5.83. The van der Waals surface area contributed by atoms with E-state index >= 15 is 0 Å². The van der Waals surface area contributed by atoms with Crippen molar-refractivity contribution < 1.29 is 4.79 Å². The molecule has 0 bridgehead atoms. The Hall–Kier alpha value is -0.610. The number of hydrogen-bond acceptors (Lipinski definition) is 3. The van der Waals surface area contributed by atoms with Crippen molar-refractivity contribution in [2.75, 3.05) is 26.2 Å². The molecule has 1 amide bonds. The number of likely N-dealkylation sites (N-methyl/N-ethyl adjacent to an activating group) is 1. The topological polar surface area (TPSA) is 44.4 Å². The van der Waals surface area contributed by atoms with Gasteiger partial charge in [0.2, 0.25) is 5.91 Å². The summed E-state index contributed by atoms with van der Waals surface area (Å²) in [5, 5.41) is 6.44. The zero-order chi connectivity index (χ0) is 13.6. The average Bonchev–Trinajstić information content (AvgIpc) is 2.27. The molecule has 0 radical (unpaired) electrons. The first-order valence-electron chi connectivity index (χ1n) is 7.18. The molecule has 1 atom stereocenters. The number of hydrogen-bond donors (Lipinski definition) is 2. The molecule has 1 unspecified atom stereocenters. The summed E-state index contributed by atoms with van der Waals surface area (Å²) in [7, 11) is 0. The maximum atomic E-state index is 11.7. The number of carbonyl (C=O) groups is 1. The lowest BCUT2D eigenvalue weighted by atomic mass is 10.0. The summed E-state index contributed by atoms with van der Waals surface area (Å²) in [6.45, 7) is 11.8. The molecule has 1 heterocycles. The van der Waals surface area contributed by atoms with Crippen LogP contribution in [0.3, 0.4) is 0 Å². The van der Waals surface area contributed by atoms with Gasteiger partial charge in [-0.25, -0.2) is 0 Å². The van der Waals surface area contributed by atoms with E-state index in [1.165, 1.54) is 19.3 Å². The van der Waals surface area contributed by atoms with Crippen molar-refractivity contribution in [1.29, 1.82) is 0 Å². The van der Waals surface area contributed by atoms with Crippen molar-refractivity contribution in [3.8, 4) is 0 Å². The van der Waals surface area contributed by atoms with Gasteiger partial charge in [-0.1, -0.05) is 6.42 Å². The van der Waals surface area contributed by atoms with Gasteiger partial charge in [0, 0.05) is 24.7 Å². The summed E-state index contributed by atoms with van der Waals surface area (Å²) >= 11 is 0. The Kier molecular flexibility index (Phi) is 6.09. The van der Waals surface area contributed by atoms with Gasteiger partial charge in [0.1, 0.15) is 0 Å². The van der Waals surface area contributed by atoms with E-state index < -0.39 is 0 Å². The molecule has 4 heteroatoms. The summed E-state index contributed by atoms with van der Waals surface area (Å²) in [6.07, 6.45) is 3.69. The quantitative estimate of drug-likeness (QED) is 0.780. The monoisotopic (exact) mass is 255 g/mol. The molecule has 4 nitrogen and oxygen atoms in total. The molecule has 0 saturated carbocycles. The van der Waals surface area contributed by atoms with Gasteiger partial charge in [-0.3, -0.25) is 9.69 Å². The van der Waals surface area contributed by atoms with Crippen molar-refractivity contribution in [2.45, 2.75) is 58.5 Å². The number of likely N-dealkylation sites (tertiary alicyclic amines) is 1. The third-order valence-corrected chi connectivity index (χ3v) is 3.34. The summed E-state index contributed by atoms with van der Waals surface area (Å²) in [5.41, 5.74) is 0.148. The van der Waals surface area contributed by atoms with E-state index in [0.717, 1.165) is 19.6 Å². The molecule has 0 aromatic carbocycles. The Morgan fingerprint density at radius 2 is 2.06 bits per heavy atom. The summed E-state index contributed by atoms with van der Waals surface area (Å²) < 4.78 is 0. The van der Waals surface area contributed by atoms with E-state index in [9.17, 15) is 4.79 Å². The van der Waals surface area contributed by atoms with E-state index in [2.05, 4.69) is 36.3 Å². The van der Waals surface area contributed by atoms with Crippen molar-refractivity contribution in [2.24, 2.45) is 0 Å². The highest BCUT2D eigenvalue weighted by atomic mass is 16.2. The van der Waals surface area contributed by atoms with Gasteiger partial charge in [0.05, 0.1) is 6.54 Å². The van der Waals surface area contributed by atoms with Crippen LogP contribution >= 0.6 is 0 Å². The van der Waals surface area contributed by atoms with Crippen LogP contribution in [0.1, 0.15) is 47.0 Å². The van der Waals surface area contributed by atoms with Crippen LogP contribution in [0.15, 0.2) is 0 Å². The van der Waals surface area contributed by atoms with Crippen LogP contribution in [0.4, 0.5) is 0 Å². The lowest BCUT2D eigenvalue weighted by Crippen LogP contribution is -2.52. The second-order valence-electron chi connectivity index (χ2n) is 6.20. The lowest BCUT2D eigenvalue weighted by Gasteiger charge is -2.37. The summed E-state index contributed by atoms with van der Waals surface area (Å²) in [5.74, 6) is 0.153. The molecule has 1 aliphatic rings. The Morgan fingerprint density at radius 3 is 2.67 bits per heavy atom. The second-order valence-corrected chi connectivity index (χ2v) is 6.20. The minimum absolute atomic E-state index is 0.148. The van der Waals surface area contributed by atoms with Gasteiger partial charge >= 0.3 is 0 Å². The maximum Gasteiger partial charge on any atom is 0.234 e. The van der Waals surface area contributed by atoms with E-state index in [0.29, 0.717) is 12.6 Å². The minimum Gasteiger partial charge on any atom is -0.355 e. The number of amides is 1. The Bertz CT molecular complexity index is 260. The van der Waals surface area contributed by atoms with Crippen molar-refractivity contribution in [1.82, 2.24) is 15.5 Å². The van der Waals surface area contributed by atoms with Crippen LogP contribution in [-0.2, 0) is 4.79 Å². The highest BCUT2D eigenvalue weighted by Gasteiger charge is 2.25. The van der Waals surface area contributed by atoms with Crippen LogP contribution in [0.5, 0.6) is 0 Å². The van der Waals surface area contributed by atoms with Crippen molar-refractivity contribution >= 4 is 5.91 Å². The van der Waals surface area contributed by atoms with Gasteiger partial charge in [0.15, 0.2) is 0 Å². The van der Waals surface area contributed by atoms with E-state index in [4.69, 9.17) is 0 Å². The van der Waals surface area contributed by atoms with Crippen LogP contribution in [0.2, 0.25) is 0 Å². The first-order valence-corrected chi connectivity index (χ1v) is 7.18. The third-order valence-electron chi connectivity index (χ3n) is 3.34. The molecule has 1 rings (SSSR count). The van der Waals surface area contributed by atoms with Crippen LogP contribution in [0.25, 0.3) is 0 Å². The van der Waals surface area contributed by atoms with Gasteiger partial charge in [-0.15, -0.1) is 0 Å². The predicted octanol–water partition coefficient (Wildman–Crippen LogP) is 1.37. The Labute approximate surface area is 111 Å². The predicted molar refractivity (Wildman–Crippen MR) is 75.7 cm³/mol. The van der Waals surface area contributed by atoms with Gasteiger partial charge in [-0.05, 0) is 47.1 Å². The Morgan fingerprint density at radius 1 is 1.33 bits per heavy atom. The fraction of sp³-hybridized carbons (Fsp3) is 0.929. The SMILES string of the molecule is CCNC(=O)CN1CCCCC1CNC(C)(C)C. The summed E-state index contributed by atoms with van der Waals surface area (Å²) in [4.78, 5) is 14.0. The average molecular weight is 255 g/mol. The van der Waals surface area contributed by atoms with Gasteiger partial charge in [0.25, 0.3) is 0 Å². The Balaban J connectivity index is 2.44. The number of carbonyl (C=O) groups excluding carboxylic acids is 1. The van der Waals surface area contributed by atoms with Crippen LogP contribution in [-0.4, -0.2) is 48.6 Å². The number of nitrogens with zero attached hydrogens (tertiary/aromatic N) is 1. The molecule has 0 spiro atoms. The molecule has 106 valence electrons. The minimum atomic E-state index is 0.148. The smallest absolute Gasteiger partial charge is 0.234 e. The van der Waals surface area contributed by atoms with Crippen LogP contribution < -0.4 is 10.6 Å².